The van der Waals surface area contributed by atoms with Crippen LogP contribution in [0.1, 0.15) is 27.4 Å². The van der Waals surface area contributed by atoms with E-state index in [9.17, 15) is 9.59 Å². The van der Waals surface area contributed by atoms with Crippen LogP contribution in [0.15, 0.2) is 78.0 Å². The number of halogens is 1. The largest absolute Gasteiger partial charge is 0.292 e. The summed E-state index contributed by atoms with van der Waals surface area (Å²) in [4.78, 5) is 35.8. The molecule has 28 heavy (non-hydrogen) atoms. The van der Waals surface area contributed by atoms with E-state index in [1.54, 1.807) is 61.1 Å². The van der Waals surface area contributed by atoms with Gasteiger partial charge in [0.25, 0.3) is 5.91 Å². The number of carbonyl (C=O) groups is 2. The first kappa shape index (κ1) is 18.1. The smallest absolute Gasteiger partial charge is 0.265 e. The van der Waals surface area contributed by atoms with Crippen molar-refractivity contribution in [2.75, 3.05) is 4.90 Å². The van der Waals surface area contributed by atoms with Crippen molar-refractivity contribution in [3.8, 4) is 0 Å². The number of fused-ring (bicyclic) bond motifs is 1. The number of hydrogen-bond donors (Lipinski definition) is 0. The molecule has 138 valence electrons. The Hall–Kier alpha value is -3.31. The van der Waals surface area contributed by atoms with Crippen LogP contribution in [0, 0.1) is 0 Å². The number of aliphatic imine (C=N–C) groups is 1. The normalized spacial score (nSPS) is 16.5. The molecule has 1 aromatic heterocycles. The van der Waals surface area contributed by atoms with Gasteiger partial charge in [-0.25, -0.2) is 4.90 Å². The number of rotatable bonds is 4. The molecule has 1 atom stereocenters. The zero-order valence-corrected chi connectivity index (χ0v) is 15.6. The molecule has 0 spiro atoms. The number of benzene rings is 2. The van der Waals surface area contributed by atoms with Crippen LogP contribution in [0.5, 0.6) is 0 Å². The van der Waals surface area contributed by atoms with Crippen molar-refractivity contribution >= 4 is 35.3 Å². The Kier molecular flexibility index (Phi) is 5.00. The summed E-state index contributed by atoms with van der Waals surface area (Å²) >= 11 is 6.07. The lowest BCUT2D eigenvalue weighted by Gasteiger charge is -2.31. The highest BCUT2D eigenvalue weighted by molar-refractivity contribution is 6.32. The Morgan fingerprint density at radius 1 is 1.04 bits per heavy atom. The maximum atomic E-state index is 13.2. The van der Waals surface area contributed by atoms with Crippen LogP contribution in [-0.2, 0) is 11.3 Å². The second kappa shape index (κ2) is 7.74. The highest BCUT2D eigenvalue weighted by Gasteiger charge is 2.38. The van der Waals surface area contributed by atoms with Gasteiger partial charge in [-0.3, -0.25) is 19.6 Å². The van der Waals surface area contributed by atoms with E-state index in [0.29, 0.717) is 28.4 Å². The molecule has 6 heteroatoms. The Morgan fingerprint density at radius 3 is 2.61 bits per heavy atom. The fraction of sp³-hybridized carbons (Fsp3) is 0.0909. The molecule has 2 amide bonds. The van der Waals surface area contributed by atoms with E-state index in [1.165, 1.54) is 4.90 Å². The molecule has 0 saturated heterocycles. The van der Waals surface area contributed by atoms with Crippen molar-refractivity contribution in [3.05, 3.63) is 94.8 Å². The highest BCUT2D eigenvalue weighted by atomic mass is 35.5. The maximum Gasteiger partial charge on any atom is 0.265 e. The van der Waals surface area contributed by atoms with Crippen molar-refractivity contribution in [2.24, 2.45) is 4.99 Å². The summed E-state index contributed by atoms with van der Waals surface area (Å²) in [7, 11) is 0. The molecule has 0 N–H and O–H groups in total. The van der Waals surface area contributed by atoms with E-state index >= 15 is 0 Å². The van der Waals surface area contributed by atoms with Crippen LogP contribution in [0.25, 0.3) is 0 Å². The van der Waals surface area contributed by atoms with E-state index < -0.39 is 5.92 Å². The summed E-state index contributed by atoms with van der Waals surface area (Å²) < 4.78 is 0. The SMILES string of the molecule is O=C1c2ccccc2[C@H](C=NCc2ccncc2)C(=O)N1c1cccc(Cl)c1. The molecule has 0 aliphatic carbocycles. The molecule has 5 nitrogen and oxygen atoms in total. The van der Waals surface area contributed by atoms with Crippen LogP contribution in [0.2, 0.25) is 5.02 Å². The number of aromatic nitrogens is 1. The molecule has 1 aliphatic heterocycles. The van der Waals surface area contributed by atoms with Gasteiger partial charge in [-0.05, 0) is 47.5 Å². The van der Waals surface area contributed by atoms with Gasteiger partial charge in [0.1, 0.15) is 0 Å². The number of hydrogen-bond acceptors (Lipinski definition) is 4. The molecular weight excluding hydrogens is 374 g/mol. The number of pyridine rings is 1. The van der Waals surface area contributed by atoms with Gasteiger partial charge in [0.05, 0.1) is 18.2 Å². The van der Waals surface area contributed by atoms with Gasteiger partial charge >= 0.3 is 0 Å². The second-order valence-corrected chi connectivity index (χ2v) is 6.81. The molecule has 0 fully saturated rings. The quantitative estimate of drug-likeness (QED) is 0.494. The first-order chi connectivity index (χ1) is 13.6. The standard InChI is InChI=1S/C22H16ClN3O2/c23-16-4-3-5-17(12-16)26-21(27)19-7-2-1-6-18(19)20(22(26)28)14-25-13-15-8-10-24-11-9-15/h1-12,14,20H,13H2/t20-/m0/s1. The first-order valence-electron chi connectivity index (χ1n) is 8.77. The first-order valence-corrected chi connectivity index (χ1v) is 9.14. The molecule has 0 saturated carbocycles. The van der Waals surface area contributed by atoms with E-state index in [0.717, 1.165) is 5.56 Å². The van der Waals surface area contributed by atoms with E-state index in [2.05, 4.69) is 9.98 Å². The number of carbonyl (C=O) groups excluding carboxylic acids is 2. The Bertz CT molecular complexity index is 1070. The number of amides is 2. The van der Waals surface area contributed by atoms with Crippen molar-refractivity contribution in [1.29, 1.82) is 0 Å². The lowest BCUT2D eigenvalue weighted by atomic mass is 9.89. The molecule has 3 aromatic rings. The van der Waals surface area contributed by atoms with Crippen molar-refractivity contribution < 1.29 is 9.59 Å². The molecular formula is C22H16ClN3O2. The number of anilines is 1. The van der Waals surface area contributed by atoms with E-state index in [1.807, 2.05) is 18.2 Å². The van der Waals surface area contributed by atoms with Crippen LogP contribution < -0.4 is 4.90 Å². The van der Waals surface area contributed by atoms with Crippen LogP contribution >= 0.6 is 11.6 Å². The predicted molar refractivity (Wildman–Crippen MR) is 109 cm³/mol. The van der Waals surface area contributed by atoms with Gasteiger partial charge < -0.3 is 0 Å². The average molecular weight is 390 g/mol. The lowest BCUT2D eigenvalue weighted by molar-refractivity contribution is -0.118. The molecule has 4 rings (SSSR count). The topological polar surface area (TPSA) is 62.6 Å². The zero-order chi connectivity index (χ0) is 19.5. The summed E-state index contributed by atoms with van der Waals surface area (Å²) in [6.45, 7) is 0.430. The fourth-order valence-electron chi connectivity index (χ4n) is 3.21. The Labute approximate surface area is 167 Å². The summed E-state index contributed by atoms with van der Waals surface area (Å²) in [5.74, 6) is -1.35. The fourth-order valence-corrected chi connectivity index (χ4v) is 3.40. The summed E-state index contributed by atoms with van der Waals surface area (Å²) in [5, 5.41) is 0.458. The molecule has 2 heterocycles. The average Bonchev–Trinajstić information content (AvgIpc) is 2.71. The van der Waals surface area contributed by atoms with Gasteiger partial charge in [-0.1, -0.05) is 35.9 Å². The number of nitrogens with zero attached hydrogens (tertiary/aromatic N) is 3. The van der Waals surface area contributed by atoms with Gasteiger partial charge in [0.2, 0.25) is 5.91 Å². The third kappa shape index (κ3) is 3.44. The third-order valence-corrected chi connectivity index (χ3v) is 4.79. The monoisotopic (exact) mass is 389 g/mol. The van der Waals surface area contributed by atoms with Gasteiger partial charge in [0.15, 0.2) is 0 Å². The molecule has 0 radical (unpaired) electrons. The second-order valence-electron chi connectivity index (χ2n) is 6.37. The molecule has 2 aromatic carbocycles. The third-order valence-electron chi connectivity index (χ3n) is 4.56. The Morgan fingerprint density at radius 2 is 1.82 bits per heavy atom. The van der Waals surface area contributed by atoms with Crippen molar-refractivity contribution in [3.63, 3.8) is 0 Å². The lowest BCUT2D eigenvalue weighted by Crippen LogP contribution is -2.45. The van der Waals surface area contributed by atoms with Crippen molar-refractivity contribution in [1.82, 2.24) is 4.98 Å². The number of imide groups is 1. The van der Waals surface area contributed by atoms with Crippen LogP contribution in [0.4, 0.5) is 5.69 Å². The van der Waals surface area contributed by atoms with Crippen LogP contribution in [0.3, 0.4) is 0 Å². The zero-order valence-electron chi connectivity index (χ0n) is 14.8. The van der Waals surface area contributed by atoms with Gasteiger partial charge in [-0.15, -0.1) is 0 Å². The minimum atomic E-state index is -0.644. The molecule has 0 unspecified atom stereocenters. The van der Waals surface area contributed by atoms with Gasteiger partial charge in [0, 0.05) is 29.2 Å². The van der Waals surface area contributed by atoms with Crippen molar-refractivity contribution in [2.45, 2.75) is 12.5 Å². The van der Waals surface area contributed by atoms with E-state index in [-0.39, 0.29) is 11.8 Å². The van der Waals surface area contributed by atoms with Crippen LogP contribution in [-0.4, -0.2) is 23.0 Å². The predicted octanol–water partition coefficient (Wildman–Crippen LogP) is 4.28. The minimum absolute atomic E-state index is 0.343. The summed E-state index contributed by atoms with van der Waals surface area (Å²) in [5.41, 5.74) is 2.59. The Balaban J connectivity index is 1.71. The van der Waals surface area contributed by atoms with E-state index in [4.69, 9.17) is 11.6 Å². The maximum absolute atomic E-state index is 13.2. The summed E-state index contributed by atoms with van der Waals surface area (Å²) in [6, 6.07) is 17.6. The highest BCUT2D eigenvalue weighted by Crippen LogP contribution is 2.32. The molecule has 0 bridgehead atoms. The van der Waals surface area contributed by atoms with Gasteiger partial charge in [-0.2, -0.15) is 0 Å². The minimum Gasteiger partial charge on any atom is -0.292 e. The molecule has 1 aliphatic rings. The summed E-state index contributed by atoms with van der Waals surface area (Å²) in [6.07, 6.45) is 5.02.